The first-order chi connectivity index (χ1) is 10.2. The first kappa shape index (κ1) is 14.2. The molecule has 1 unspecified atom stereocenters. The fourth-order valence-corrected chi connectivity index (χ4v) is 2.81. The third-order valence-corrected chi connectivity index (χ3v) is 4.12. The Hall–Kier alpha value is -1.78. The molecule has 1 aromatic heterocycles. The number of nitrogens with zero attached hydrogens (tertiary/aromatic N) is 1. The molecule has 1 aliphatic rings. The highest BCUT2D eigenvalue weighted by molar-refractivity contribution is 6.33. The van der Waals surface area contributed by atoms with Crippen molar-refractivity contribution in [1.29, 1.82) is 0 Å². The lowest BCUT2D eigenvalue weighted by Gasteiger charge is -2.14. The van der Waals surface area contributed by atoms with Gasteiger partial charge in [-0.15, -0.1) is 0 Å². The molecule has 21 heavy (non-hydrogen) atoms. The maximum Gasteiger partial charge on any atom is 0.289 e. The molecule has 1 aliphatic heterocycles. The molecule has 0 aliphatic carbocycles. The number of halogens is 1. The van der Waals surface area contributed by atoms with Crippen molar-refractivity contribution in [3.63, 3.8) is 0 Å². The predicted octanol–water partition coefficient (Wildman–Crippen LogP) is 3.05. The van der Waals surface area contributed by atoms with E-state index in [-0.39, 0.29) is 18.4 Å². The third-order valence-electron chi connectivity index (χ3n) is 3.79. The van der Waals surface area contributed by atoms with Crippen LogP contribution >= 0.6 is 11.6 Å². The molecule has 1 atom stereocenters. The molecule has 1 N–H and O–H groups in total. The lowest BCUT2D eigenvalue weighted by atomic mass is 10.1. The molecule has 5 heteroatoms. The van der Waals surface area contributed by atoms with Crippen molar-refractivity contribution in [3.8, 4) is 11.3 Å². The highest BCUT2D eigenvalue weighted by Gasteiger charge is 2.28. The van der Waals surface area contributed by atoms with Gasteiger partial charge in [0.15, 0.2) is 5.76 Å². The van der Waals surface area contributed by atoms with E-state index in [1.165, 1.54) is 0 Å². The molecule has 0 spiro atoms. The Morgan fingerprint density at radius 2 is 2.14 bits per heavy atom. The molecular weight excluding hydrogens is 290 g/mol. The highest BCUT2D eigenvalue weighted by atomic mass is 35.5. The highest BCUT2D eigenvalue weighted by Crippen LogP contribution is 2.29. The number of hydrogen-bond acceptors (Lipinski definition) is 3. The molecular formula is C16H16ClNO3. The molecule has 2 heterocycles. The summed E-state index contributed by atoms with van der Waals surface area (Å²) in [6.07, 6.45) is 0.834. The molecule has 0 radical (unpaired) electrons. The van der Waals surface area contributed by atoms with Gasteiger partial charge in [0.2, 0.25) is 0 Å². The zero-order valence-corrected chi connectivity index (χ0v) is 12.2. The van der Waals surface area contributed by atoms with Gasteiger partial charge in [0.1, 0.15) is 5.76 Å². The summed E-state index contributed by atoms with van der Waals surface area (Å²) in [5, 5.41) is 9.73. The predicted molar refractivity (Wildman–Crippen MR) is 80.3 cm³/mol. The number of hydrogen-bond donors (Lipinski definition) is 1. The summed E-state index contributed by atoms with van der Waals surface area (Å²) in [6.45, 7) is 1.36. The van der Waals surface area contributed by atoms with Crippen LogP contribution in [0.5, 0.6) is 0 Å². The van der Waals surface area contributed by atoms with Crippen molar-refractivity contribution in [3.05, 3.63) is 47.2 Å². The van der Waals surface area contributed by atoms with Crippen molar-refractivity contribution in [2.45, 2.75) is 6.42 Å². The van der Waals surface area contributed by atoms with Crippen LogP contribution in [0.3, 0.4) is 0 Å². The number of aliphatic hydroxyl groups is 1. The Morgan fingerprint density at radius 1 is 1.33 bits per heavy atom. The Balaban J connectivity index is 1.79. The van der Waals surface area contributed by atoms with E-state index in [0.717, 1.165) is 12.0 Å². The van der Waals surface area contributed by atoms with Crippen molar-refractivity contribution < 1.29 is 14.3 Å². The second-order valence-corrected chi connectivity index (χ2v) is 5.64. The zero-order valence-electron chi connectivity index (χ0n) is 11.5. The van der Waals surface area contributed by atoms with E-state index in [0.29, 0.717) is 29.6 Å². The van der Waals surface area contributed by atoms with Crippen LogP contribution < -0.4 is 0 Å². The van der Waals surface area contributed by atoms with E-state index in [1.54, 1.807) is 23.1 Å². The first-order valence-corrected chi connectivity index (χ1v) is 7.31. The summed E-state index contributed by atoms with van der Waals surface area (Å²) in [5.74, 6) is 0.932. The first-order valence-electron chi connectivity index (χ1n) is 6.94. The molecule has 4 nitrogen and oxygen atoms in total. The molecule has 1 saturated heterocycles. The standard InChI is InChI=1S/C16H16ClNO3/c17-13-4-2-1-3-12(13)14-5-6-15(21-14)16(20)18-8-7-11(9-18)10-19/h1-6,11,19H,7-10H2. The van der Waals surface area contributed by atoms with Crippen LogP contribution in [0.25, 0.3) is 11.3 Å². The van der Waals surface area contributed by atoms with Crippen LogP contribution in [0.2, 0.25) is 5.02 Å². The topological polar surface area (TPSA) is 53.7 Å². The van der Waals surface area contributed by atoms with E-state index < -0.39 is 0 Å². The molecule has 1 aromatic carbocycles. The molecule has 2 aromatic rings. The molecule has 1 fully saturated rings. The number of likely N-dealkylation sites (tertiary alicyclic amines) is 1. The smallest absolute Gasteiger partial charge is 0.289 e. The number of furan rings is 1. The number of carbonyl (C=O) groups is 1. The average molecular weight is 306 g/mol. The second kappa shape index (κ2) is 5.92. The van der Waals surface area contributed by atoms with Gasteiger partial charge in [-0.3, -0.25) is 4.79 Å². The third kappa shape index (κ3) is 2.82. The Morgan fingerprint density at radius 3 is 2.86 bits per heavy atom. The molecule has 1 amide bonds. The SMILES string of the molecule is O=C(c1ccc(-c2ccccc2Cl)o1)N1CCC(CO)C1. The molecule has 0 saturated carbocycles. The summed E-state index contributed by atoms with van der Waals surface area (Å²) in [4.78, 5) is 14.1. The Kier molecular flexibility index (Phi) is 3.99. The van der Waals surface area contributed by atoms with Crippen LogP contribution in [0.4, 0.5) is 0 Å². The lowest BCUT2D eigenvalue weighted by Crippen LogP contribution is -2.28. The normalized spacial score (nSPS) is 18.2. The summed E-state index contributed by atoms with van der Waals surface area (Å²) in [6, 6.07) is 10.8. The minimum Gasteiger partial charge on any atom is -0.451 e. The van der Waals surface area contributed by atoms with E-state index >= 15 is 0 Å². The van der Waals surface area contributed by atoms with Crippen LogP contribution in [0.1, 0.15) is 17.0 Å². The minimum atomic E-state index is -0.135. The molecule has 110 valence electrons. The van der Waals surface area contributed by atoms with Crippen molar-refractivity contribution in [2.24, 2.45) is 5.92 Å². The summed E-state index contributed by atoms with van der Waals surface area (Å²) < 4.78 is 5.66. The number of amides is 1. The van der Waals surface area contributed by atoms with Crippen molar-refractivity contribution in [2.75, 3.05) is 19.7 Å². The van der Waals surface area contributed by atoms with E-state index in [2.05, 4.69) is 0 Å². The van der Waals surface area contributed by atoms with Gasteiger partial charge in [-0.25, -0.2) is 0 Å². The van der Waals surface area contributed by atoms with Gasteiger partial charge >= 0.3 is 0 Å². The fourth-order valence-electron chi connectivity index (χ4n) is 2.58. The van der Waals surface area contributed by atoms with Crippen LogP contribution in [-0.2, 0) is 0 Å². The van der Waals surface area contributed by atoms with Gasteiger partial charge in [0.25, 0.3) is 5.91 Å². The van der Waals surface area contributed by atoms with E-state index in [9.17, 15) is 4.79 Å². The van der Waals surface area contributed by atoms with Gasteiger partial charge in [-0.05, 0) is 30.7 Å². The van der Waals surface area contributed by atoms with Crippen LogP contribution in [-0.4, -0.2) is 35.6 Å². The second-order valence-electron chi connectivity index (χ2n) is 5.23. The van der Waals surface area contributed by atoms with E-state index in [4.69, 9.17) is 21.1 Å². The van der Waals surface area contributed by atoms with Crippen molar-refractivity contribution in [1.82, 2.24) is 4.90 Å². The number of carbonyl (C=O) groups excluding carboxylic acids is 1. The Bertz CT molecular complexity index is 652. The molecule has 0 bridgehead atoms. The monoisotopic (exact) mass is 305 g/mol. The molecule has 3 rings (SSSR count). The largest absolute Gasteiger partial charge is 0.451 e. The number of benzene rings is 1. The number of rotatable bonds is 3. The van der Waals surface area contributed by atoms with Gasteiger partial charge in [0, 0.05) is 31.2 Å². The summed E-state index contributed by atoms with van der Waals surface area (Å²) in [7, 11) is 0. The van der Waals surface area contributed by atoms with Crippen LogP contribution in [0.15, 0.2) is 40.8 Å². The van der Waals surface area contributed by atoms with Crippen molar-refractivity contribution >= 4 is 17.5 Å². The Labute approximate surface area is 127 Å². The van der Waals surface area contributed by atoms with Gasteiger partial charge in [-0.2, -0.15) is 0 Å². The lowest BCUT2D eigenvalue weighted by molar-refractivity contribution is 0.0751. The number of aliphatic hydroxyl groups excluding tert-OH is 1. The minimum absolute atomic E-state index is 0.118. The maximum atomic E-state index is 12.4. The van der Waals surface area contributed by atoms with Crippen LogP contribution in [0, 0.1) is 5.92 Å². The van der Waals surface area contributed by atoms with Gasteiger partial charge < -0.3 is 14.4 Å². The fraction of sp³-hybridized carbons (Fsp3) is 0.312. The summed E-state index contributed by atoms with van der Waals surface area (Å²) in [5.41, 5.74) is 0.771. The summed E-state index contributed by atoms with van der Waals surface area (Å²) >= 11 is 6.13. The quantitative estimate of drug-likeness (QED) is 0.948. The van der Waals surface area contributed by atoms with Gasteiger partial charge in [0.05, 0.1) is 5.02 Å². The average Bonchev–Trinajstić information content (AvgIpc) is 3.16. The van der Waals surface area contributed by atoms with Gasteiger partial charge in [-0.1, -0.05) is 23.7 Å². The maximum absolute atomic E-state index is 12.4. The van der Waals surface area contributed by atoms with E-state index in [1.807, 2.05) is 18.2 Å². The zero-order chi connectivity index (χ0) is 14.8.